The number of anilines is 2. The van der Waals surface area contributed by atoms with Gasteiger partial charge in [-0.25, -0.2) is 0 Å². The Kier molecular flexibility index (Phi) is 5.02. The molecule has 1 saturated heterocycles. The number of carbonyl (C=O) groups excluding carboxylic acids is 1. The summed E-state index contributed by atoms with van der Waals surface area (Å²) in [5, 5.41) is 20.3. The largest absolute Gasteiger partial charge is 0.416 e. The number of hydrogen-bond donors (Lipinski definition) is 2. The predicted molar refractivity (Wildman–Crippen MR) is 90.3 cm³/mol. The van der Waals surface area contributed by atoms with Gasteiger partial charge in [-0.3, -0.25) is 20.0 Å². The van der Waals surface area contributed by atoms with Gasteiger partial charge in [0.1, 0.15) is 11.5 Å². The molecule has 2 heterocycles. The number of amides is 1. The lowest BCUT2D eigenvalue weighted by atomic mass is 9.95. The molecule has 0 atom stereocenters. The van der Waals surface area contributed by atoms with Gasteiger partial charge in [0, 0.05) is 31.1 Å². The molecular formula is C16H16F3N5O3. The topological polar surface area (TPSA) is 104 Å². The van der Waals surface area contributed by atoms with Crippen LogP contribution in [0, 0.1) is 16.0 Å². The zero-order valence-corrected chi connectivity index (χ0v) is 14.0. The van der Waals surface area contributed by atoms with Crippen molar-refractivity contribution < 1.29 is 22.9 Å². The van der Waals surface area contributed by atoms with Crippen LogP contribution in [-0.2, 0) is 11.0 Å². The van der Waals surface area contributed by atoms with E-state index >= 15 is 0 Å². The van der Waals surface area contributed by atoms with E-state index in [-0.39, 0.29) is 17.5 Å². The average molecular weight is 383 g/mol. The van der Waals surface area contributed by atoms with Gasteiger partial charge in [-0.1, -0.05) is 0 Å². The van der Waals surface area contributed by atoms with E-state index in [1.807, 2.05) is 0 Å². The van der Waals surface area contributed by atoms with Gasteiger partial charge in [-0.2, -0.15) is 18.3 Å². The molecule has 0 saturated carbocycles. The number of nitrogens with zero attached hydrogens (tertiary/aromatic N) is 3. The number of rotatable bonds is 4. The fourth-order valence-corrected chi connectivity index (χ4v) is 3.06. The standard InChI is InChI=1S/C16H16F3N5O3/c17-16(18,19)11-1-2-12(13(9-11)24(26)27)23-7-4-10(5-8-23)15(25)21-14-3-6-20-22-14/h1-3,6,9-10H,4-5,7-8H2,(H2,20,21,22,25). The molecule has 8 nitrogen and oxygen atoms in total. The number of nitro groups is 1. The number of nitro benzene ring substituents is 1. The highest BCUT2D eigenvalue weighted by Crippen LogP contribution is 2.37. The number of piperidine rings is 1. The smallest absolute Gasteiger partial charge is 0.366 e. The Hall–Kier alpha value is -3.11. The van der Waals surface area contributed by atoms with Crippen molar-refractivity contribution in [3.05, 3.63) is 46.1 Å². The zero-order chi connectivity index (χ0) is 19.6. The number of halogens is 3. The summed E-state index contributed by atoms with van der Waals surface area (Å²) in [6, 6.07) is 4.11. The molecule has 27 heavy (non-hydrogen) atoms. The molecule has 1 fully saturated rings. The minimum Gasteiger partial charge on any atom is -0.366 e. The third-order valence-corrected chi connectivity index (χ3v) is 4.46. The van der Waals surface area contributed by atoms with Crippen LogP contribution in [0.25, 0.3) is 0 Å². The molecule has 11 heteroatoms. The summed E-state index contributed by atoms with van der Waals surface area (Å²) < 4.78 is 38.4. The lowest BCUT2D eigenvalue weighted by Crippen LogP contribution is -2.38. The minimum atomic E-state index is -4.65. The monoisotopic (exact) mass is 383 g/mol. The quantitative estimate of drug-likeness (QED) is 0.623. The van der Waals surface area contributed by atoms with Crippen molar-refractivity contribution in [1.82, 2.24) is 10.2 Å². The molecule has 144 valence electrons. The third-order valence-electron chi connectivity index (χ3n) is 4.46. The molecular weight excluding hydrogens is 367 g/mol. The maximum atomic E-state index is 12.8. The second-order valence-corrected chi connectivity index (χ2v) is 6.18. The van der Waals surface area contributed by atoms with Gasteiger partial charge in [-0.15, -0.1) is 0 Å². The van der Waals surface area contributed by atoms with Crippen molar-refractivity contribution in [2.75, 3.05) is 23.3 Å². The molecule has 1 aromatic carbocycles. The van der Waals surface area contributed by atoms with Crippen LogP contribution in [-0.4, -0.2) is 34.1 Å². The predicted octanol–water partition coefficient (Wildman–Crippen LogP) is 3.19. The van der Waals surface area contributed by atoms with Crippen molar-refractivity contribution in [3.63, 3.8) is 0 Å². The van der Waals surface area contributed by atoms with Crippen molar-refractivity contribution >= 4 is 23.1 Å². The summed E-state index contributed by atoms with van der Waals surface area (Å²) >= 11 is 0. The van der Waals surface area contributed by atoms with Crippen LogP contribution in [0.15, 0.2) is 30.5 Å². The Morgan fingerprint density at radius 1 is 1.30 bits per heavy atom. The fraction of sp³-hybridized carbons (Fsp3) is 0.375. The summed E-state index contributed by atoms with van der Waals surface area (Å²) in [5.74, 6) is -0.0142. The summed E-state index contributed by atoms with van der Waals surface area (Å²) in [4.78, 5) is 24.3. The van der Waals surface area contributed by atoms with Gasteiger partial charge < -0.3 is 10.2 Å². The van der Waals surface area contributed by atoms with E-state index in [1.54, 1.807) is 11.0 Å². The van der Waals surface area contributed by atoms with Crippen molar-refractivity contribution in [3.8, 4) is 0 Å². The first-order valence-electron chi connectivity index (χ1n) is 8.16. The molecule has 2 aromatic rings. The normalized spacial score (nSPS) is 15.6. The van der Waals surface area contributed by atoms with Crippen LogP contribution in [0.2, 0.25) is 0 Å². The SMILES string of the molecule is O=C(Nc1ccn[nH]1)C1CCN(c2ccc(C(F)(F)F)cc2[N+](=O)[O-])CC1. The zero-order valence-electron chi connectivity index (χ0n) is 14.0. The highest BCUT2D eigenvalue weighted by molar-refractivity contribution is 5.91. The highest BCUT2D eigenvalue weighted by Gasteiger charge is 2.34. The van der Waals surface area contributed by atoms with E-state index < -0.39 is 22.4 Å². The Balaban J connectivity index is 1.70. The first kappa shape index (κ1) is 18.7. The van der Waals surface area contributed by atoms with E-state index in [2.05, 4.69) is 15.5 Å². The molecule has 2 N–H and O–H groups in total. The Morgan fingerprint density at radius 3 is 2.56 bits per heavy atom. The molecule has 0 bridgehead atoms. The van der Waals surface area contributed by atoms with Crippen molar-refractivity contribution in [2.24, 2.45) is 5.92 Å². The number of carbonyl (C=O) groups is 1. The summed E-state index contributed by atoms with van der Waals surface area (Å²) in [5.41, 5.74) is -1.53. The number of aromatic nitrogens is 2. The van der Waals surface area contributed by atoms with E-state index in [9.17, 15) is 28.1 Å². The third kappa shape index (κ3) is 4.18. The van der Waals surface area contributed by atoms with Gasteiger partial charge >= 0.3 is 6.18 Å². The lowest BCUT2D eigenvalue weighted by molar-refractivity contribution is -0.384. The van der Waals surface area contributed by atoms with Crippen LogP contribution in [0.5, 0.6) is 0 Å². The van der Waals surface area contributed by atoms with Crippen molar-refractivity contribution in [1.29, 1.82) is 0 Å². The maximum absolute atomic E-state index is 12.8. The highest BCUT2D eigenvalue weighted by atomic mass is 19.4. The Bertz CT molecular complexity index is 830. The Morgan fingerprint density at radius 2 is 2.00 bits per heavy atom. The molecule has 1 aliphatic heterocycles. The summed E-state index contributed by atoms with van der Waals surface area (Å²) in [6.45, 7) is 0.653. The van der Waals surface area contributed by atoms with Gasteiger partial charge in [0.15, 0.2) is 0 Å². The molecule has 1 amide bonds. The average Bonchev–Trinajstić information content (AvgIpc) is 3.13. The van der Waals surface area contributed by atoms with Crippen LogP contribution in [0.4, 0.5) is 30.4 Å². The van der Waals surface area contributed by atoms with Crippen LogP contribution in [0.3, 0.4) is 0 Å². The number of benzene rings is 1. The van der Waals surface area contributed by atoms with Gasteiger partial charge in [-0.05, 0) is 25.0 Å². The molecule has 1 aliphatic rings. The van der Waals surface area contributed by atoms with Crippen molar-refractivity contribution in [2.45, 2.75) is 19.0 Å². The first-order chi connectivity index (χ1) is 12.8. The van der Waals surface area contributed by atoms with Crippen LogP contribution >= 0.6 is 0 Å². The molecule has 0 spiro atoms. The number of nitrogens with one attached hydrogen (secondary N) is 2. The fourth-order valence-electron chi connectivity index (χ4n) is 3.06. The van der Waals surface area contributed by atoms with Gasteiger partial charge in [0.05, 0.1) is 16.7 Å². The molecule has 0 unspecified atom stereocenters. The van der Waals surface area contributed by atoms with E-state index in [4.69, 9.17) is 0 Å². The lowest BCUT2D eigenvalue weighted by Gasteiger charge is -2.32. The van der Waals surface area contributed by atoms with Crippen LogP contribution in [0.1, 0.15) is 18.4 Å². The summed E-state index contributed by atoms with van der Waals surface area (Å²) in [7, 11) is 0. The van der Waals surface area contributed by atoms with E-state index in [0.717, 1.165) is 12.1 Å². The second-order valence-electron chi connectivity index (χ2n) is 6.18. The van der Waals surface area contributed by atoms with E-state index in [0.29, 0.717) is 37.8 Å². The van der Waals surface area contributed by atoms with Crippen LogP contribution < -0.4 is 10.2 Å². The molecule has 3 rings (SSSR count). The minimum absolute atomic E-state index is 0.125. The van der Waals surface area contributed by atoms with Gasteiger partial charge in [0.2, 0.25) is 5.91 Å². The number of aromatic amines is 1. The Labute approximate surface area is 151 Å². The van der Waals surface area contributed by atoms with E-state index in [1.165, 1.54) is 6.20 Å². The molecule has 0 radical (unpaired) electrons. The maximum Gasteiger partial charge on any atom is 0.416 e. The summed E-state index contributed by atoms with van der Waals surface area (Å²) in [6.07, 6.45) is -2.29. The number of H-pyrrole nitrogens is 1. The first-order valence-corrected chi connectivity index (χ1v) is 8.16. The number of hydrogen-bond acceptors (Lipinski definition) is 5. The molecule has 0 aliphatic carbocycles. The second kappa shape index (κ2) is 7.25. The van der Waals surface area contributed by atoms with Gasteiger partial charge in [0.25, 0.3) is 5.69 Å². The molecule has 1 aromatic heterocycles. The number of alkyl halides is 3.